The van der Waals surface area contributed by atoms with Gasteiger partial charge in [-0.2, -0.15) is 0 Å². The summed E-state index contributed by atoms with van der Waals surface area (Å²) in [6.07, 6.45) is 3.78. The van der Waals surface area contributed by atoms with E-state index < -0.39 is 0 Å². The zero-order valence-corrected chi connectivity index (χ0v) is 12.0. The lowest BCUT2D eigenvalue weighted by Gasteiger charge is -2.17. The predicted molar refractivity (Wildman–Crippen MR) is 79.5 cm³/mol. The van der Waals surface area contributed by atoms with Crippen molar-refractivity contribution in [2.24, 2.45) is 0 Å². The minimum Gasteiger partial charge on any atom is -0.326 e. The number of amides is 1. The van der Waals surface area contributed by atoms with Crippen molar-refractivity contribution in [2.45, 2.75) is 32.2 Å². The Morgan fingerprint density at radius 2 is 2.00 bits per heavy atom. The Labute approximate surface area is 119 Å². The van der Waals surface area contributed by atoms with Crippen LogP contribution in [0.2, 0.25) is 0 Å². The topological polar surface area (TPSA) is 32.3 Å². The van der Waals surface area contributed by atoms with Crippen LogP contribution in [0.25, 0.3) is 0 Å². The molecule has 1 aromatic carbocycles. The van der Waals surface area contributed by atoms with Gasteiger partial charge in [0, 0.05) is 24.5 Å². The lowest BCUT2D eigenvalue weighted by Crippen LogP contribution is -2.20. The number of carbonyl (C=O) groups is 1. The lowest BCUT2D eigenvalue weighted by molar-refractivity contribution is -0.116. The third kappa shape index (κ3) is 4.51. The first-order valence-corrected chi connectivity index (χ1v) is 7.49. The molecule has 0 aliphatic carbocycles. The zero-order chi connectivity index (χ0) is 13.5. The van der Waals surface area contributed by atoms with Gasteiger partial charge in [0.25, 0.3) is 0 Å². The Bertz CT molecular complexity index is 416. The number of rotatable bonds is 6. The molecule has 2 rings (SSSR count). The summed E-state index contributed by atoms with van der Waals surface area (Å²) in [4.78, 5) is 14.2. The van der Waals surface area contributed by atoms with Crippen LogP contribution in [0.15, 0.2) is 24.3 Å². The summed E-state index contributed by atoms with van der Waals surface area (Å²) in [5.74, 6) is 0.581. The van der Waals surface area contributed by atoms with E-state index in [0.717, 1.165) is 31.7 Å². The smallest absolute Gasteiger partial charge is 0.224 e. The number of alkyl halides is 1. The monoisotopic (exact) mass is 280 g/mol. The molecule has 0 radical (unpaired) electrons. The Morgan fingerprint density at radius 3 is 2.74 bits per heavy atom. The summed E-state index contributed by atoms with van der Waals surface area (Å²) in [6.45, 7) is 3.25. The Hall–Kier alpha value is -1.06. The van der Waals surface area contributed by atoms with Crippen molar-refractivity contribution >= 4 is 23.2 Å². The van der Waals surface area contributed by atoms with Crippen LogP contribution in [0.5, 0.6) is 0 Å². The van der Waals surface area contributed by atoms with Crippen LogP contribution in [-0.4, -0.2) is 29.8 Å². The molecular weight excluding hydrogens is 260 g/mol. The fraction of sp³-hybridized carbons (Fsp3) is 0.533. The number of benzene rings is 1. The highest BCUT2D eigenvalue weighted by Gasteiger charge is 2.14. The quantitative estimate of drug-likeness (QED) is 0.812. The molecule has 0 spiro atoms. The number of nitrogens with one attached hydrogen (secondary N) is 1. The van der Waals surface area contributed by atoms with Crippen molar-refractivity contribution in [3.8, 4) is 0 Å². The molecule has 1 heterocycles. The van der Waals surface area contributed by atoms with Crippen molar-refractivity contribution in [3.63, 3.8) is 0 Å². The second kappa shape index (κ2) is 7.51. The van der Waals surface area contributed by atoms with E-state index in [2.05, 4.69) is 16.3 Å². The molecular formula is C15H21ClN2O. The molecule has 0 saturated carbocycles. The van der Waals surface area contributed by atoms with Gasteiger partial charge >= 0.3 is 0 Å². The normalized spacial score (nSPS) is 15.6. The molecule has 1 aliphatic rings. The molecule has 1 fully saturated rings. The van der Waals surface area contributed by atoms with E-state index in [1.54, 1.807) is 0 Å². The SMILES string of the molecule is O=C(CCCCl)Nc1ccccc1CN1CCCC1. The maximum absolute atomic E-state index is 11.8. The van der Waals surface area contributed by atoms with Gasteiger partial charge in [0.2, 0.25) is 5.91 Å². The first kappa shape index (κ1) is 14.4. The number of carbonyl (C=O) groups excluding carboxylic acids is 1. The fourth-order valence-corrected chi connectivity index (χ4v) is 2.54. The van der Waals surface area contributed by atoms with Gasteiger partial charge in [-0.05, 0) is 44.0 Å². The van der Waals surface area contributed by atoms with Crippen LogP contribution in [0.3, 0.4) is 0 Å². The zero-order valence-electron chi connectivity index (χ0n) is 11.2. The number of hydrogen-bond donors (Lipinski definition) is 1. The van der Waals surface area contributed by atoms with Crippen LogP contribution in [-0.2, 0) is 11.3 Å². The number of likely N-dealkylation sites (tertiary alicyclic amines) is 1. The lowest BCUT2D eigenvalue weighted by atomic mass is 10.1. The molecule has 3 nitrogen and oxygen atoms in total. The summed E-state index contributed by atoms with van der Waals surface area (Å²) in [6, 6.07) is 8.06. The third-order valence-electron chi connectivity index (χ3n) is 3.42. The highest BCUT2D eigenvalue weighted by Crippen LogP contribution is 2.20. The molecule has 1 amide bonds. The molecule has 1 saturated heterocycles. The summed E-state index contributed by atoms with van der Waals surface area (Å²) in [5, 5.41) is 3.00. The van der Waals surface area contributed by atoms with E-state index in [1.165, 1.54) is 18.4 Å². The van der Waals surface area contributed by atoms with Crippen LogP contribution in [0.1, 0.15) is 31.2 Å². The van der Waals surface area contributed by atoms with Gasteiger partial charge in [-0.3, -0.25) is 9.69 Å². The van der Waals surface area contributed by atoms with Crippen LogP contribution >= 0.6 is 11.6 Å². The Kier molecular flexibility index (Phi) is 5.67. The molecule has 0 unspecified atom stereocenters. The highest BCUT2D eigenvalue weighted by atomic mass is 35.5. The van der Waals surface area contributed by atoms with Crippen molar-refractivity contribution < 1.29 is 4.79 Å². The van der Waals surface area contributed by atoms with Gasteiger partial charge < -0.3 is 5.32 Å². The molecule has 1 aromatic rings. The summed E-state index contributed by atoms with van der Waals surface area (Å²) in [7, 11) is 0. The average molecular weight is 281 g/mol. The van der Waals surface area contributed by atoms with Crippen molar-refractivity contribution in [1.82, 2.24) is 4.90 Å². The van der Waals surface area contributed by atoms with Crippen LogP contribution in [0.4, 0.5) is 5.69 Å². The van der Waals surface area contributed by atoms with Gasteiger partial charge in [0.1, 0.15) is 0 Å². The minimum atomic E-state index is 0.0505. The average Bonchev–Trinajstić information content (AvgIpc) is 2.91. The molecule has 1 aliphatic heterocycles. The Balaban J connectivity index is 1.97. The molecule has 4 heteroatoms. The largest absolute Gasteiger partial charge is 0.326 e. The molecule has 0 aromatic heterocycles. The van der Waals surface area contributed by atoms with E-state index in [-0.39, 0.29) is 5.91 Å². The summed E-state index contributed by atoms with van der Waals surface area (Å²) < 4.78 is 0. The summed E-state index contributed by atoms with van der Waals surface area (Å²) >= 11 is 5.61. The van der Waals surface area contributed by atoms with E-state index in [9.17, 15) is 4.79 Å². The number of halogens is 1. The van der Waals surface area contributed by atoms with Gasteiger partial charge in [-0.15, -0.1) is 11.6 Å². The third-order valence-corrected chi connectivity index (χ3v) is 3.69. The Morgan fingerprint density at radius 1 is 1.26 bits per heavy atom. The minimum absolute atomic E-state index is 0.0505. The molecule has 19 heavy (non-hydrogen) atoms. The fourth-order valence-electron chi connectivity index (χ4n) is 2.40. The van der Waals surface area contributed by atoms with Crippen molar-refractivity contribution in [2.75, 3.05) is 24.3 Å². The maximum atomic E-state index is 11.8. The molecule has 0 bridgehead atoms. The van der Waals surface area contributed by atoms with E-state index in [1.807, 2.05) is 18.2 Å². The van der Waals surface area contributed by atoms with E-state index >= 15 is 0 Å². The maximum Gasteiger partial charge on any atom is 0.224 e. The first-order valence-electron chi connectivity index (χ1n) is 6.95. The number of nitrogens with zero attached hydrogens (tertiary/aromatic N) is 1. The van der Waals surface area contributed by atoms with Crippen molar-refractivity contribution in [1.29, 1.82) is 0 Å². The number of anilines is 1. The van der Waals surface area contributed by atoms with Crippen LogP contribution < -0.4 is 5.32 Å². The molecule has 1 N–H and O–H groups in total. The van der Waals surface area contributed by atoms with E-state index in [0.29, 0.717) is 12.3 Å². The van der Waals surface area contributed by atoms with Gasteiger partial charge in [-0.25, -0.2) is 0 Å². The van der Waals surface area contributed by atoms with Gasteiger partial charge in [0.15, 0.2) is 0 Å². The first-order chi connectivity index (χ1) is 9.29. The second-order valence-electron chi connectivity index (χ2n) is 4.98. The number of para-hydroxylation sites is 1. The predicted octanol–water partition coefficient (Wildman–Crippen LogP) is 3.24. The van der Waals surface area contributed by atoms with Crippen LogP contribution in [0, 0.1) is 0 Å². The van der Waals surface area contributed by atoms with Gasteiger partial charge in [0.05, 0.1) is 0 Å². The van der Waals surface area contributed by atoms with Crippen molar-refractivity contribution in [3.05, 3.63) is 29.8 Å². The second-order valence-corrected chi connectivity index (χ2v) is 5.36. The molecule has 0 atom stereocenters. The molecule has 104 valence electrons. The number of hydrogen-bond acceptors (Lipinski definition) is 2. The summed E-state index contributed by atoms with van der Waals surface area (Å²) in [5.41, 5.74) is 2.14. The van der Waals surface area contributed by atoms with E-state index in [4.69, 9.17) is 11.6 Å². The standard InChI is InChI=1S/C15H21ClN2O/c16-9-5-8-15(19)17-14-7-2-1-6-13(14)12-18-10-3-4-11-18/h1-2,6-7H,3-5,8-12H2,(H,17,19). The van der Waals surface area contributed by atoms with Gasteiger partial charge in [-0.1, -0.05) is 18.2 Å². The highest BCUT2D eigenvalue weighted by molar-refractivity contribution is 6.18.